The van der Waals surface area contributed by atoms with Gasteiger partial charge in [-0.1, -0.05) is 63.2 Å². The number of benzene rings is 2. The molecule has 0 saturated carbocycles. The number of ether oxygens (including phenoxy) is 1. The monoisotopic (exact) mass is 492 g/mol. The Hall–Kier alpha value is -2.67. The summed E-state index contributed by atoms with van der Waals surface area (Å²) in [5.74, 6) is 1.38. The molecule has 0 radical (unpaired) electrons. The van der Waals surface area contributed by atoms with Crippen LogP contribution in [0.15, 0.2) is 66.0 Å². The molecule has 3 aromatic rings. The Bertz CT molecular complexity index is 1080. The Morgan fingerprint density at radius 3 is 2.54 bits per heavy atom. The molecule has 186 valence electrons. The first-order valence-electron chi connectivity index (χ1n) is 12.5. The highest BCUT2D eigenvalue weighted by Gasteiger charge is 2.33. The highest BCUT2D eigenvalue weighted by molar-refractivity contribution is 7.10. The second kappa shape index (κ2) is 11.8. The number of nitrogens with zero attached hydrogens (tertiary/aromatic N) is 2. The van der Waals surface area contributed by atoms with Gasteiger partial charge in [0.2, 0.25) is 5.91 Å². The summed E-state index contributed by atoms with van der Waals surface area (Å²) in [5, 5.41) is 12.8. The highest BCUT2D eigenvalue weighted by Crippen LogP contribution is 2.34. The Kier molecular flexibility index (Phi) is 8.60. The van der Waals surface area contributed by atoms with E-state index >= 15 is 0 Å². The lowest BCUT2D eigenvalue weighted by atomic mass is 10.00. The summed E-state index contributed by atoms with van der Waals surface area (Å²) < 4.78 is 6.20. The van der Waals surface area contributed by atoms with Crippen LogP contribution >= 0.6 is 11.3 Å². The van der Waals surface area contributed by atoms with Gasteiger partial charge >= 0.3 is 0 Å². The summed E-state index contributed by atoms with van der Waals surface area (Å²) in [7, 11) is 0. The molecule has 1 amide bonds. The predicted molar refractivity (Wildman–Crippen MR) is 142 cm³/mol. The number of amides is 1. The average Bonchev–Trinajstić information content (AvgIpc) is 3.36. The number of thiophene rings is 1. The number of carbonyl (C=O) groups excluding carboxylic acids is 1. The number of aliphatic hydroxyl groups excluding tert-OH is 1. The van der Waals surface area contributed by atoms with E-state index in [1.807, 2.05) is 59.2 Å². The maximum Gasteiger partial charge on any atom is 0.237 e. The average molecular weight is 493 g/mol. The standard InChI is InChI=1S/C29H36N2O3S/c1-4-30(18-27(32)23-8-6-5-7-9-23)19-29(33)31-16-14-28-25(15-17-35-28)26(31)20-34-24-12-10-22(11-13-24)21(2)3/h5-13,15,17,21,26-27,32H,4,14,16,18-20H2,1-3H3/t26-,27-/m0/s1. The lowest BCUT2D eigenvalue weighted by molar-refractivity contribution is -0.136. The zero-order valence-electron chi connectivity index (χ0n) is 20.9. The van der Waals surface area contributed by atoms with Crippen LogP contribution in [0.2, 0.25) is 0 Å². The largest absolute Gasteiger partial charge is 0.491 e. The number of rotatable bonds is 10. The van der Waals surface area contributed by atoms with Gasteiger partial charge in [0.25, 0.3) is 0 Å². The number of hydrogen-bond acceptors (Lipinski definition) is 5. The normalized spacial score (nSPS) is 16.4. The molecule has 1 aromatic heterocycles. The molecule has 1 aliphatic heterocycles. The van der Waals surface area contributed by atoms with Crippen molar-refractivity contribution in [1.29, 1.82) is 0 Å². The molecule has 0 unspecified atom stereocenters. The van der Waals surface area contributed by atoms with Crippen LogP contribution in [0.4, 0.5) is 0 Å². The van der Waals surface area contributed by atoms with Crippen molar-refractivity contribution in [3.05, 3.63) is 87.6 Å². The predicted octanol–water partition coefficient (Wildman–Crippen LogP) is 5.43. The number of carbonyl (C=O) groups is 1. The minimum atomic E-state index is -0.623. The molecule has 2 atom stereocenters. The van der Waals surface area contributed by atoms with Gasteiger partial charge in [0, 0.05) is 18.0 Å². The van der Waals surface area contributed by atoms with Gasteiger partial charge < -0.3 is 14.7 Å². The van der Waals surface area contributed by atoms with Crippen molar-refractivity contribution >= 4 is 17.2 Å². The molecule has 2 aromatic carbocycles. The molecule has 0 fully saturated rings. The molecular formula is C29H36N2O3S. The van der Waals surface area contributed by atoms with E-state index in [-0.39, 0.29) is 18.5 Å². The minimum Gasteiger partial charge on any atom is -0.491 e. The zero-order valence-corrected chi connectivity index (χ0v) is 21.7. The van der Waals surface area contributed by atoms with Crippen LogP contribution < -0.4 is 4.74 Å². The third kappa shape index (κ3) is 6.31. The van der Waals surface area contributed by atoms with Crippen molar-refractivity contribution < 1.29 is 14.6 Å². The van der Waals surface area contributed by atoms with Gasteiger partial charge in [-0.05, 0) is 59.2 Å². The fourth-order valence-electron chi connectivity index (χ4n) is 4.61. The summed E-state index contributed by atoms with van der Waals surface area (Å²) in [6.07, 6.45) is 0.249. The first-order valence-corrected chi connectivity index (χ1v) is 13.4. The molecule has 5 nitrogen and oxygen atoms in total. The van der Waals surface area contributed by atoms with E-state index in [2.05, 4.69) is 37.4 Å². The topological polar surface area (TPSA) is 53.0 Å². The van der Waals surface area contributed by atoms with Crippen LogP contribution in [-0.4, -0.2) is 53.6 Å². The molecule has 6 heteroatoms. The Labute approximate surface area is 213 Å². The number of aliphatic hydroxyl groups is 1. The van der Waals surface area contributed by atoms with E-state index in [0.29, 0.717) is 32.2 Å². The van der Waals surface area contributed by atoms with Crippen molar-refractivity contribution in [2.45, 2.75) is 45.3 Å². The fourth-order valence-corrected chi connectivity index (χ4v) is 5.54. The van der Waals surface area contributed by atoms with Gasteiger partial charge in [0.1, 0.15) is 12.4 Å². The number of likely N-dealkylation sites (N-methyl/N-ethyl adjacent to an activating group) is 1. The van der Waals surface area contributed by atoms with Crippen LogP contribution in [0.3, 0.4) is 0 Å². The zero-order chi connectivity index (χ0) is 24.8. The van der Waals surface area contributed by atoms with Gasteiger partial charge in [-0.3, -0.25) is 9.69 Å². The Morgan fingerprint density at radius 2 is 1.86 bits per heavy atom. The summed E-state index contributed by atoms with van der Waals surface area (Å²) in [6, 6.07) is 19.9. The Balaban J connectivity index is 1.43. The van der Waals surface area contributed by atoms with E-state index in [0.717, 1.165) is 17.7 Å². The molecule has 0 saturated heterocycles. The fraction of sp³-hybridized carbons (Fsp3) is 0.414. The second-order valence-corrected chi connectivity index (χ2v) is 10.4. The molecule has 0 bridgehead atoms. The summed E-state index contributed by atoms with van der Waals surface area (Å²) in [4.78, 5) is 18.8. The maximum absolute atomic E-state index is 13.5. The van der Waals surface area contributed by atoms with Crippen molar-refractivity contribution in [3.63, 3.8) is 0 Å². The second-order valence-electron chi connectivity index (χ2n) is 9.44. The molecule has 4 rings (SSSR count). The molecular weight excluding hydrogens is 456 g/mol. The molecule has 2 heterocycles. The van der Waals surface area contributed by atoms with Crippen molar-refractivity contribution in [2.24, 2.45) is 0 Å². The molecule has 0 spiro atoms. The lowest BCUT2D eigenvalue weighted by Crippen LogP contribution is -2.47. The maximum atomic E-state index is 13.5. The van der Waals surface area contributed by atoms with Gasteiger partial charge in [0.15, 0.2) is 0 Å². The molecule has 35 heavy (non-hydrogen) atoms. The summed E-state index contributed by atoms with van der Waals surface area (Å²) in [6.45, 7) is 8.89. The van der Waals surface area contributed by atoms with Gasteiger partial charge in [-0.15, -0.1) is 11.3 Å². The van der Waals surface area contributed by atoms with Crippen molar-refractivity contribution in [1.82, 2.24) is 9.80 Å². The summed E-state index contributed by atoms with van der Waals surface area (Å²) in [5.41, 5.74) is 3.35. The van der Waals surface area contributed by atoms with Crippen LogP contribution in [0, 0.1) is 0 Å². The molecule has 1 N–H and O–H groups in total. The quantitative estimate of drug-likeness (QED) is 0.410. The van der Waals surface area contributed by atoms with Crippen LogP contribution in [0.1, 0.15) is 60.4 Å². The van der Waals surface area contributed by atoms with Crippen LogP contribution in [0.25, 0.3) is 0 Å². The third-order valence-corrected chi connectivity index (χ3v) is 7.79. The van der Waals surface area contributed by atoms with Crippen molar-refractivity contribution in [2.75, 3.05) is 32.8 Å². The van der Waals surface area contributed by atoms with Gasteiger partial charge in [0.05, 0.1) is 18.7 Å². The number of fused-ring (bicyclic) bond motifs is 1. The van der Waals surface area contributed by atoms with Crippen molar-refractivity contribution in [3.8, 4) is 5.75 Å². The smallest absolute Gasteiger partial charge is 0.237 e. The first-order chi connectivity index (χ1) is 17.0. The minimum absolute atomic E-state index is 0.0766. The molecule has 0 aliphatic carbocycles. The van der Waals surface area contributed by atoms with Crippen LogP contribution in [-0.2, 0) is 11.2 Å². The lowest BCUT2D eigenvalue weighted by Gasteiger charge is -2.37. The van der Waals surface area contributed by atoms with E-state index in [9.17, 15) is 9.90 Å². The Morgan fingerprint density at radius 1 is 1.11 bits per heavy atom. The SMILES string of the molecule is CCN(CC(=O)N1CCc2sccc2[C@@H]1COc1ccc(C(C)C)cc1)C[C@H](O)c1ccccc1. The first kappa shape index (κ1) is 25.4. The molecule has 1 aliphatic rings. The highest BCUT2D eigenvalue weighted by atomic mass is 32.1. The van der Waals surface area contributed by atoms with E-state index in [4.69, 9.17) is 4.74 Å². The van der Waals surface area contributed by atoms with Crippen LogP contribution in [0.5, 0.6) is 5.75 Å². The van der Waals surface area contributed by atoms with E-state index in [1.54, 1.807) is 11.3 Å². The van der Waals surface area contributed by atoms with E-state index in [1.165, 1.54) is 16.0 Å². The third-order valence-electron chi connectivity index (χ3n) is 6.79. The summed E-state index contributed by atoms with van der Waals surface area (Å²) >= 11 is 1.76. The van der Waals surface area contributed by atoms with E-state index < -0.39 is 6.10 Å². The number of hydrogen-bond donors (Lipinski definition) is 1. The van der Waals surface area contributed by atoms with Gasteiger partial charge in [-0.2, -0.15) is 0 Å². The van der Waals surface area contributed by atoms with Gasteiger partial charge in [-0.25, -0.2) is 0 Å².